The summed E-state index contributed by atoms with van der Waals surface area (Å²) in [5.74, 6) is -0.215. The zero-order valence-electron chi connectivity index (χ0n) is 11.8. The molecule has 1 atom stereocenters. The molecule has 1 heterocycles. The number of carbonyl (C=O) groups is 2. The Morgan fingerprint density at radius 1 is 1.37 bits per heavy atom. The Labute approximate surface area is 114 Å². The molecule has 1 saturated carbocycles. The lowest BCUT2D eigenvalue weighted by Gasteiger charge is -2.43. The summed E-state index contributed by atoms with van der Waals surface area (Å²) < 4.78 is 0. The second-order valence-electron chi connectivity index (χ2n) is 6.55. The summed E-state index contributed by atoms with van der Waals surface area (Å²) in [6, 6.07) is -0.562. The van der Waals surface area contributed by atoms with E-state index < -0.39 is 12.0 Å². The quantitative estimate of drug-likeness (QED) is 0.783. The van der Waals surface area contributed by atoms with Crippen LogP contribution < -0.4 is 5.32 Å². The van der Waals surface area contributed by atoms with Crippen molar-refractivity contribution < 1.29 is 14.7 Å². The molecule has 2 aliphatic rings. The molecule has 1 aliphatic carbocycles. The molecule has 0 aromatic rings. The number of nitrogens with zero attached hydrogens (tertiary/aromatic N) is 1. The lowest BCUT2D eigenvalue weighted by atomic mass is 9.76. The third-order valence-corrected chi connectivity index (χ3v) is 4.24. The van der Waals surface area contributed by atoms with Crippen LogP contribution in [-0.4, -0.2) is 47.6 Å². The van der Waals surface area contributed by atoms with Crippen molar-refractivity contribution >= 4 is 11.9 Å². The van der Waals surface area contributed by atoms with Gasteiger partial charge in [0.1, 0.15) is 6.04 Å². The van der Waals surface area contributed by atoms with Crippen LogP contribution in [0.5, 0.6) is 0 Å². The number of nitrogens with one attached hydrogen (secondary N) is 1. The molecule has 2 rings (SSSR count). The van der Waals surface area contributed by atoms with E-state index in [0.717, 1.165) is 19.4 Å². The molecule has 0 radical (unpaired) electrons. The third-order valence-electron chi connectivity index (χ3n) is 4.24. The van der Waals surface area contributed by atoms with Crippen LogP contribution in [0.2, 0.25) is 0 Å². The highest BCUT2D eigenvalue weighted by atomic mass is 16.4. The zero-order valence-corrected chi connectivity index (χ0v) is 11.8. The average molecular weight is 268 g/mol. The smallest absolute Gasteiger partial charge is 0.321 e. The molecule has 2 N–H and O–H groups in total. The van der Waals surface area contributed by atoms with Crippen LogP contribution in [-0.2, 0) is 9.59 Å². The zero-order chi connectivity index (χ0) is 14.0. The first-order valence-corrected chi connectivity index (χ1v) is 7.14. The summed E-state index contributed by atoms with van der Waals surface area (Å²) in [5, 5.41) is 12.3. The average Bonchev–Trinajstić information content (AvgIpc) is 3.08. The molecule has 1 amide bonds. The van der Waals surface area contributed by atoms with Gasteiger partial charge in [-0.05, 0) is 43.6 Å². The number of carboxylic acid groups (broad SMARTS) is 1. The van der Waals surface area contributed by atoms with E-state index in [-0.39, 0.29) is 17.9 Å². The molecule has 19 heavy (non-hydrogen) atoms. The Morgan fingerprint density at radius 2 is 2.05 bits per heavy atom. The fourth-order valence-corrected chi connectivity index (χ4v) is 2.98. The molecule has 0 aromatic heterocycles. The number of rotatable bonds is 5. The molecule has 5 nitrogen and oxygen atoms in total. The summed E-state index contributed by atoms with van der Waals surface area (Å²) in [6.07, 6.45) is 4.25. The molecule has 0 spiro atoms. The summed E-state index contributed by atoms with van der Waals surface area (Å²) in [7, 11) is 0. The highest BCUT2D eigenvalue weighted by molar-refractivity contribution is 5.80. The molecule has 0 aromatic carbocycles. The van der Waals surface area contributed by atoms with E-state index in [4.69, 9.17) is 0 Å². The highest BCUT2D eigenvalue weighted by Gasteiger charge is 2.42. The lowest BCUT2D eigenvalue weighted by molar-refractivity contribution is -0.151. The van der Waals surface area contributed by atoms with Crippen molar-refractivity contribution in [3.05, 3.63) is 0 Å². The maximum absolute atomic E-state index is 11.9. The van der Waals surface area contributed by atoms with Gasteiger partial charge >= 0.3 is 5.97 Å². The maximum atomic E-state index is 11.9. The fourth-order valence-electron chi connectivity index (χ4n) is 2.98. The van der Waals surface area contributed by atoms with Crippen LogP contribution >= 0.6 is 0 Å². The number of amides is 1. The van der Waals surface area contributed by atoms with Gasteiger partial charge in [-0.25, -0.2) is 0 Å². The van der Waals surface area contributed by atoms with Crippen molar-refractivity contribution in [1.29, 1.82) is 0 Å². The number of piperidine rings is 1. The Balaban J connectivity index is 1.91. The van der Waals surface area contributed by atoms with Crippen molar-refractivity contribution in [2.75, 3.05) is 19.6 Å². The maximum Gasteiger partial charge on any atom is 0.321 e. The molecule has 2 fully saturated rings. The minimum Gasteiger partial charge on any atom is -0.480 e. The van der Waals surface area contributed by atoms with Gasteiger partial charge < -0.3 is 10.4 Å². The highest BCUT2D eigenvalue weighted by Crippen LogP contribution is 2.35. The standard InChI is InChI=1S/C14H24N2O3/c1-14(2)6-3-7-16(12(14)13(18)19)9-11(17)15-8-10-4-5-10/h10,12H,3-9H2,1-2H3,(H,15,17)(H,18,19). The number of carbonyl (C=O) groups excluding carboxylic acids is 1. The van der Waals surface area contributed by atoms with Gasteiger partial charge in [0.05, 0.1) is 6.54 Å². The van der Waals surface area contributed by atoms with Crippen LogP contribution in [0, 0.1) is 11.3 Å². The Morgan fingerprint density at radius 3 is 2.63 bits per heavy atom. The van der Waals surface area contributed by atoms with Gasteiger partial charge in [0.15, 0.2) is 0 Å². The van der Waals surface area contributed by atoms with E-state index in [2.05, 4.69) is 5.32 Å². The second-order valence-corrected chi connectivity index (χ2v) is 6.55. The van der Waals surface area contributed by atoms with E-state index >= 15 is 0 Å². The molecule has 5 heteroatoms. The molecule has 1 saturated heterocycles. The van der Waals surface area contributed by atoms with Crippen molar-refractivity contribution in [3.8, 4) is 0 Å². The predicted octanol–water partition coefficient (Wildman–Crippen LogP) is 1.09. The van der Waals surface area contributed by atoms with E-state index in [1.165, 1.54) is 12.8 Å². The predicted molar refractivity (Wildman–Crippen MR) is 71.7 cm³/mol. The minimum absolute atomic E-state index is 0.0455. The first-order chi connectivity index (χ1) is 8.90. The summed E-state index contributed by atoms with van der Waals surface area (Å²) in [5.41, 5.74) is -0.277. The van der Waals surface area contributed by atoms with Crippen molar-refractivity contribution in [1.82, 2.24) is 10.2 Å². The number of hydrogen-bond acceptors (Lipinski definition) is 3. The van der Waals surface area contributed by atoms with Gasteiger partial charge in [-0.2, -0.15) is 0 Å². The van der Waals surface area contributed by atoms with Gasteiger partial charge in [-0.3, -0.25) is 14.5 Å². The molecular formula is C14H24N2O3. The van der Waals surface area contributed by atoms with Crippen molar-refractivity contribution in [2.45, 2.75) is 45.6 Å². The summed E-state index contributed by atoms with van der Waals surface area (Å²) >= 11 is 0. The van der Waals surface area contributed by atoms with Gasteiger partial charge in [0, 0.05) is 6.54 Å². The van der Waals surface area contributed by atoms with E-state index in [1.807, 2.05) is 18.7 Å². The molecule has 108 valence electrons. The van der Waals surface area contributed by atoms with Crippen molar-refractivity contribution in [3.63, 3.8) is 0 Å². The normalized spacial score (nSPS) is 26.9. The van der Waals surface area contributed by atoms with Crippen LogP contribution in [0.4, 0.5) is 0 Å². The molecule has 1 unspecified atom stereocenters. The van der Waals surface area contributed by atoms with E-state index in [9.17, 15) is 14.7 Å². The van der Waals surface area contributed by atoms with Crippen LogP contribution in [0.1, 0.15) is 39.5 Å². The second kappa shape index (κ2) is 5.49. The van der Waals surface area contributed by atoms with Crippen molar-refractivity contribution in [2.24, 2.45) is 11.3 Å². The molecular weight excluding hydrogens is 244 g/mol. The van der Waals surface area contributed by atoms with E-state index in [0.29, 0.717) is 12.5 Å². The SMILES string of the molecule is CC1(C)CCCN(CC(=O)NCC2CC2)C1C(=O)O. The van der Waals surface area contributed by atoms with Gasteiger partial charge in [0.2, 0.25) is 5.91 Å². The first-order valence-electron chi connectivity index (χ1n) is 7.14. The van der Waals surface area contributed by atoms with Crippen LogP contribution in [0.15, 0.2) is 0 Å². The number of aliphatic carboxylic acids is 1. The minimum atomic E-state index is -0.820. The Kier molecular flexibility index (Phi) is 4.13. The lowest BCUT2D eigenvalue weighted by Crippen LogP contribution is -2.56. The Hall–Kier alpha value is -1.10. The first kappa shape index (κ1) is 14.3. The van der Waals surface area contributed by atoms with E-state index in [1.54, 1.807) is 0 Å². The number of likely N-dealkylation sites (tertiary alicyclic amines) is 1. The third kappa shape index (κ3) is 3.69. The van der Waals surface area contributed by atoms with Gasteiger partial charge in [-0.1, -0.05) is 13.8 Å². The topological polar surface area (TPSA) is 69.6 Å². The molecule has 1 aliphatic heterocycles. The van der Waals surface area contributed by atoms with Gasteiger partial charge in [0.25, 0.3) is 0 Å². The fraction of sp³-hybridized carbons (Fsp3) is 0.857. The number of carboxylic acids is 1. The van der Waals surface area contributed by atoms with Crippen LogP contribution in [0.3, 0.4) is 0 Å². The Bertz CT molecular complexity index is 364. The largest absolute Gasteiger partial charge is 0.480 e. The molecule has 0 bridgehead atoms. The number of hydrogen-bond donors (Lipinski definition) is 2. The summed E-state index contributed by atoms with van der Waals surface area (Å²) in [4.78, 5) is 25.2. The van der Waals surface area contributed by atoms with Gasteiger partial charge in [-0.15, -0.1) is 0 Å². The monoisotopic (exact) mass is 268 g/mol. The van der Waals surface area contributed by atoms with Crippen LogP contribution in [0.25, 0.3) is 0 Å². The summed E-state index contributed by atoms with van der Waals surface area (Å²) in [6.45, 7) is 5.58.